The molecule has 0 atom stereocenters. The van der Waals surface area contributed by atoms with Crippen LogP contribution < -0.4 is 0 Å². The van der Waals surface area contributed by atoms with Crippen LogP contribution in [0.4, 0.5) is 0 Å². The minimum absolute atomic E-state index is 0.251. The predicted octanol–water partition coefficient (Wildman–Crippen LogP) is 4.13. The summed E-state index contributed by atoms with van der Waals surface area (Å²) < 4.78 is 0. The van der Waals surface area contributed by atoms with Crippen LogP contribution in [-0.4, -0.2) is 21.0 Å². The van der Waals surface area contributed by atoms with Gasteiger partial charge in [-0.05, 0) is 36.4 Å². The third kappa shape index (κ3) is 2.99. The maximum atomic E-state index is 11.2. The molecule has 0 saturated heterocycles. The van der Waals surface area contributed by atoms with Gasteiger partial charge in [0.25, 0.3) is 0 Å². The Morgan fingerprint density at radius 3 is 2.62 bits per heavy atom. The summed E-state index contributed by atoms with van der Waals surface area (Å²) in [6.07, 6.45) is 1.58. The molecule has 104 valence electrons. The van der Waals surface area contributed by atoms with Crippen LogP contribution >= 0.6 is 23.4 Å². The number of aromatic nitrogens is 2. The van der Waals surface area contributed by atoms with Gasteiger partial charge in [0.2, 0.25) is 0 Å². The average Bonchev–Trinajstić information content (AvgIpc) is 2.48. The molecule has 0 saturated carbocycles. The summed E-state index contributed by atoms with van der Waals surface area (Å²) in [5.41, 5.74) is 0.898. The van der Waals surface area contributed by atoms with E-state index in [9.17, 15) is 4.79 Å². The van der Waals surface area contributed by atoms with Gasteiger partial charge in [-0.15, -0.1) is 0 Å². The Hall–Kier alpha value is -2.11. The van der Waals surface area contributed by atoms with Crippen molar-refractivity contribution in [2.24, 2.45) is 0 Å². The lowest BCUT2D eigenvalue weighted by molar-refractivity contribution is 0.0699. The number of rotatable bonds is 3. The number of carboxylic acid groups (broad SMARTS) is 1. The van der Waals surface area contributed by atoms with E-state index in [1.165, 1.54) is 11.8 Å². The highest BCUT2D eigenvalue weighted by Gasteiger charge is 2.09. The average molecular weight is 317 g/mol. The van der Waals surface area contributed by atoms with E-state index in [1.807, 2.05) is 6.07 Å². The molecular formula is C15H9ClN2O2S. The molecule has 0 spiro atoms. The molecule has 0 radical (unpaired) electrons. The van der Waals surface area contributed by atoms with Gasteiger partial charge in [0.15, 0.2) is 0 Å². The second kappa shape index (κ2) is 5.71. The highest BCUT2D eigenvalue weighted by atomic mass is 35.5. The standard InChI is InChI=1S/C15H9ClN2O2S/c16-9-4-6-13(17-8-9)21-14-7-5-10-11(15(19)20)2-1-3-12(10)18-14/h1-8H,(H,19,20). The van der Waals surface area contributed by atoms with Crippen molar-refractivity contribution in [2.45, 2.75) is 10.1 Å². The van der Waals surface area contributed by atoms with E-state index in [0.717, 1.165) is 10.1 Å². The number of carbonyl (C=O) groups is 1. The highest BCUT2D eigenvalue weighted by Crippen LogP contribution is 2.27. The minimum Gasteiger partial charge on any atom is -0.478 e. The van der Waals surface area contributed by atoms with Gasteiger partial charge in [-0.3, -0.25) is 0 Å². The third-order valence-corrected chi connectivity index (χ3v) is 3.96. The zero-order valence-corrected chi connectivity index (χ0v) is 12.2. The molecule has 0 aliphatic heterocycles. The molecule has 0 bridgehead atoms. The molecule has 6 heteroatoms. The molecule has 1 N–H and O–H groups in total. The Bertz CT molecular complexity index is 822. The van der Waals surface area contributed by atoms with Gasteiger partial charge in [-0.25, -0.2) is 14.8 Å². The van der Waals surface area contributed by atoms with E-state index < -0.39 is 5.97 Å². The Morgan fingerprint density at radius 1 is 1.10 bits per heavy atom. The highest BCUT2D eigenvalue weighted by molar-refractivity contribution is 7.99. The smallest absolute Gasteiger partial charge is 0.336 e. The summed E-state index contributed by atoms with van der Waals surface area (Å²) in [5.74, 6) is -0.956. The molecule has 0 aliphatic carbocycles. The van der Waals surface area contributed by atoms with Crippen molar-refractivity contribution < 1.29 is 9.90 Å². The number of benzene rings is 1. The second-order valence-electron chi connectivity index (χ2n) is 4.24. The van der Waals surface area contributed by atoms with Crippen LogP contribution in [0, 0.1) is 0 Å². The number of nitrogens with zero attached hydrogens (tertiary/aromatic N) is 2. The van der Waals surface area contributed by atoms with Crippen molar-refractivity contribution >= 4 is 40.2 Å². The molecule has 3 rings (SSSR count). The van der Waals surface area contributed by atoms with Gasteiger partial charge >= 0.3 is 5.97 Å². The molecule has 1 aromatic carbocycles. The van der Waals surface area contributed by atoms with Crippen molar-refractivity contribution in [2.75, 3.05) is 0 Å². The summed E-state index contributed by atoms with van der Waals surface area (Å²) in [4.78, 5) is 19.8. The zero-order chi connectivity index (χ0) is 14.8. The molecule has 2 aromatic heterocycles. The van der Waals surface area contributed by atoms with E-state index in [1.54, 1.807) is 42.6 Å². The lowest BCUT2D eigenvalue weighted by Crippen LogP contribution is -1.98. The molecule has 0 fully saturated rings. The summed E-state index contributed by atoms with van der Waals surface area (Å²) >= 11 is 7.19. The van der Waals surface area contributed by atoms with Gasteiger partial charge in [0, 0.05) is 11.6 Å². The first-order valence-electron chi connectivity index (χ1n) is 6.06. The van der Waals surface area contributed by atoms with Crippen LogP contribution in [0.5, 0.6) is 0 Å². The fraction of sp³-hybridized carbons (Fsp3) is 0. The molecule has 0 aliphatic rings. The number of halogens is 1. The number of fused-ring (bicyclic) bond motifs is 1. The maximum absolute atomic E-state index is 11.2. The number of aromatic carboxylic acids is 1. The van der Waals surface area contributed by atoms with Gasteiger partial charge in [-0.1, -0.05) is 29.4 Å². The van der Waals surface area contributed by atoms with Crippen LogP contribution in [0.25, 0.3) is 10.9 Å². The Balaban J connectivity index is 1.98. The largest absolute Gasteiger partial charge is 0.478 e. The van der Waals surface area contributed by atoms with E-state index in [-0.39, 0.29) is 5.56 Å². The SMILES string of the molecule is O=C(O)c1cccc2nc(Sc3ccc(Cl)cn3)ccc12. The first kappa shape index (κ1) is 13.9. The van der Waals surface area contributed by atoms with Crippen LogP contribution in [0.1, 0.15) is 10.4 Å². The predicted molar refractivity (Wildman–Crippen MR) is 82.1 cm³/mol. The number of hydrogen-bond acceptors (Lipinski definition) is 4. The van der Waals surface area contributed by atoms with Crippen LogP contribution in [0.15, 0.2) is 58.7 Å². The zero-order valence-electron chi connectivity index (χ0n) is 10.7. The molecule has 3 aromatic rings. The van der Waals surface area contributed by atoms with Crippen molar-refractivity contribution in [3.05, 3.63) is 59.2 Å². The van der Waals surface area contributed by atoms with Gasteiger partial charge in [-0.2, -0.15) is 0 Å². The fourth-order valence-corrected chi connectivity index (χ4v) is 2.76. The number of carboxylic acids is 1. The second-order valence-corrected chi connectivity index (χ2v) is 5.72. The summed E-state index contributed by atoms with van der Waals surface area (Å²) in [5, 5.41) is 11.9. The van der Waals surface area contributed by atoms with E-state index >= 15 is 0 Å². The molecular weight excluding hydrogens is 308 g/mol. The number of hydrogen-bond donors (Lipinski definition) is 1. The van der Waals surface area contributed by atoms with Crippen molar-refractivity contribution in [3.8, 4) is 0 Å². The topological polar surface area (TPSA) is 63.1 Å². The first-order chi connectivity index (χ1) is 10.1. The van der Waals surface area contributed by atoms with Gasteiger partial charge in [0.1, 0.15) is 10.1 Å². The van der Waals surface area contributed by atoms with Crippen LogP contribution in [0.3, 0.4) is 0 Å². The van der Waals surface area contributed by atoms with Gasteiger partial charge in [0.05, 0.1) is 16.1 Å². The lowest BCUT2D eigenvalue weighted by atomic mass is 10.1. The van der Waals surface area contributed by atoms with Crippen molar-refractivity contribution in [3.63, 3.8) is 0 Å². The Labute approximate surface area is 129 Å². The quantitative estimate of drug-likeness (QED) is 0.787. The van der Waals surface area contributed by atoms with Gasteiger partial charge < -0.3 is 5.11 Å². The molecule has 0 amide bonds. The monoisotopic (exact) mass is 316 g/mol. The maximum Gasteiger partial charge on any atom is 0.336 e. The minimum atomic E-state index is -0.956. The van der Waals surface area contributed by atoms with Crippen LogP contribution in [-0.2, 0) is 0 Å². The van der Waals surface area contributed by atoms with E-state index in [4.69, 9.17) is 16.7 Å². The fourth-order valence-electron chi connectivity index (χ4n) is 1.91. The molecule has 21 heavy (non-hydrogen) atoms. The number of pyridine rings is 2. The first-order valence-corrected chi connectivity index (χ1v) is 7.25. The Kier molecular flexibility index (Phi) is 3.77. The summed E-state index contributed by atoms with van der Waals surface area (Å²) in [6, 6.07) is 12.2. The summed E-state index contributed by atoms with van der Waals surface area (Å²) in [6.45, 7) is 0. The molecule has 0 unspecified atom stereocenters. The Morgan fingerprint density at radius 2 is 1.90 bits per heavy atom. The van der Waals surface area contributed by atoms with E-state index in [2.05, 4.69) is 9.97 Å². The lowest BCUT2D eigenvalue weighted by Gasteiger charge is -2.04. The molecule has 2 heterocycles. The van der Waals surface area contributed by atoms with E-state index in [0.29, 0.717) is 15.9 Å². The van der Waals surface area contributed by atoms with Crippen molar-refractivity contribution in [1.82, 2.24) is 9.97 Å². The molecule has 4 nitrogen and oxygen atoms in total. The normalized spacial score (nSPS) is 10.7. The third-order valence-electron chi connectivity index (χ3n) is 2.85. The van der Waals surface area contributed by atoms with Crippen molar-refractivity contribution in [1.29, 1.82) is 0 Å². The summed E-state index contributed by atoms with van der Waals surface area (Å²) in [7, 11) is 0. The van der Waals surface area contributed by atoms with Crippen LogP contribution in [0.2, 0.25) is 5.02 Å².